The van der Waals surface area contributed by atoms with Crippen molar-refractivity contribution in [2.75, 3.05) is 11.9 Å². The van der Waals surface area contributed by atoms with E-state index in [-0.39, 0.29) is 17.7 Å². The van der Waals surface area contributed by atoms with Crippen LogP contribution in [0.2, 0.25) is 0 Å². The van der Waals surface area contributed by atoms with Crippen LogP contribution >= 0.6 is 0 Å². The van der Waals surface area contributed by atoms with Gasteiger partial charge in [0, 0.05) is 12.1 Å². The minimum Gasteiger partial charge on any atom is -0.494 e. The number of rotatable bonds is 7. The molecule has 1 aromatic carbocycles. The second kappa shape index (κ2) is 7.92. The predicted octanol–water partition coefficient (Wildman–Crippen LogP) is 2.66. The molecule has 1 aromatic heterocycles. The van der Waals surface area contributed by atoms with Crippen LogP contribution in [0.1, 0.15) is 29.4 Å². The molecule has 9 nitrogen and oxygen atoms in total. The van der Waals surface area contributed by atoms with Gasteiger partial charge in [0.15, 0.2) is 0 Å². The van der Waals surface area contributed by atoms with Crippen LogP contribution in [0, 0.1) is 28.4 Å². The SMILES string of the molecule is CCOc1ccc([N+](=O)[O-])c(C(=O)Nc2cc(C)nn2CCC#N)c1. The Morgan fingerprint density at radius 2 is 2.24 bits per heavy atom. The maximum Gasteiger partial charge on any atom is 0.282 e. The number of nitro groups is 1. The van der Waals surface area contributed by atoms with Crippen molar-refractivity contribution in [3.8, 4) is 11.8 Å². The van der Waals surface area contributed by atoms with Crippen molar-refractivity contribution in [2.45, 2.75) is 26.8 Å². The highest BCUT2D eigenvalue weighted by Gasteiger charge is 2.22. The van der Waals surface area contributed by atoms with E-state index in [0.29, 0.717) is 30.4 Å². The monoisotopic (exact) mass is 343 g/mol. The van der Waals surface area contributed by atoms with Crippen molar-refractivity contribution >= 4 is 17.4 Å². The van der Waals surface area contributed by atoms with Gasteiger partial charge in [-0.25, -0.2) is 4.68 Å². The first-order valence-electron chi connectivity index (χ1n) is 7.60. The van der Waals surface area contributed by atoms with Gasteiger partial charge in [-0.05, 0) is 26.0 Å². The van der Waals surface area contributed by atoms with Crippen molar-refractivity contribution < 1.29 is 14.5 Å². The Hall–Kier alpha value is -3.41. The molecule has 1 amide bonds. The number of ether oxygens (including phenoxy) is 1. The van der Waals surface area contributed by atoms with Crippen molar-refractivity contribution in [3.63, 3.8) is 0 Å². The van der Waals surface area contributed by atoms with E-state index >= 15 is 0 Å². The number of nitriles is 1. The third-order valence-electron chi connectivity index (χ3n) is 3.30. The van der Waals surface area contributed by atoms with E-state index in [1.54, 1.807) is 19.9 Å². The highest BCUT2D eigenvalue weighted by molar-refractivity contribution is 6.07. The van der Waals surface area contributed by atoms with Crippen LogP contribution in [0.25, 0.3) is 0 Å². The van der Waals surface area contributed by atoms with E-state index in [4.69, 9.17) is 10.00 Å². The van der Waals surface area contributed by atoms with Crippen LogP contribution in [0.3, 0.4) is 0 Å². The molecular weight excluding hydrogens is 326 g/mol. The van der Waals surface area contributed by atoms with Gasteiger partial charge in [0.2, 0.25) is 0 Å². The van der Waals surface area contributed by atoms with Gasteiger partial charge in [-0.3, -0.25) is 14.9 Å². The number of nitro benzene ring substituents is 1. The lowest BCUT2D eigenvalue weighted by atomic mass is 10.1. The zero-order valence-corrected chi connectivity index (χ0v) is 13.9. The van der Waals surface area contributed by atoms with E-state index in [1.165, 1.54) is 22.9 Å². The molecule has 1 heterocycles. The molecule has 2 aromatic rings. The van der Waals surface area contributed by atoms with Crippen LogP contribution in [-0.4, -0.2) is 27.2 Å². The van der Waals surface area contributed by atoms with Crippen LogP contribution in [0.5, 0.6) is 5.75 Å². The number of hydrogen-bond acceptors (Lipinski definition) is 6. The zero-order chi connectivity index (χ0) is 18.4. The molecule has 0 unspecified atom stereocenters. The lowest BCUT2D eigenvalue weighted by molar-refractivity contribution is -0.385. The number of hydrogen-bond donors (Lipinski definition) is 1. The number of carbonyl (C=O) groups excluding carboxylic acids is 1. The quantitative estimate of drug-likeness (QED) is 0.609. The van der Waals surface area contributed by atoms with Gasteiger partial charge in [0.05, 0.1) is 36.3 Å². The van der Waals surface area contributed by atoms with E-state index < -0.39 is 10.8 Å². The topological polar surface area (TPSA) is 123 Å². The van der Waals surface area contributed by atoms with Crippen molar-refractivity contribution in [3.05, 3.63) is 45.6 Å². The fourth-order valence-electron chi connectivity index (χ4n) is 2.27. The van der Waals surface area contributed by atoms with Gasteiger partial charge < -0.3 is 10.1 Å². The first-order chi connectivity index (χ1) is 12.0. The summed E-state index contributed by atoms with van der Waals surface area (Å²) in [5, 5.41) is 26.7. The number of benzene rings is 1. The third kappa shape index (κ3) is 4.32. The number of aryl methyl sites for hydroxylation is 2. The molecular formula is C16H17N5O4. The minimum absolute atomic E-state index is 0.110. The smallest absolute Gasteiger partial charge is 0.282 e. The van der Waals surface area contributed by atoms with Crippen molar-refractivity contribution in [1.29, 1.82) is 5.26 Å². The molecule has 0 saturated carbocycles. The molecule has 130 valence electrons. The fourth-order valence-corrected chi connectivity index (χ4v) is 2.27. The van der Waals surface area contributed by atoms with Crippen LogP contribution < -0.4 is 10.1 Å². The molecule has 0 fully saturated rings. The Bertz CT molecular complexity index is 838. The maximum atomic E-state index is 12.6. The molecule has 0 spiro atoms. The number of nitrogens with one attached hydrogen (secondary N) is 1. The summed E-state index contributed by atoms with van der Waals surface area (Å²) in [5.74, 6) is 0.0904. The lowest BCUT2D eigenvalue weighted by Gasteiger charge is -2.09. The van der Waals surface area contributed by atoms with Gasteiger partial charge in [0.1, 0.15) is 17.1 Å². The summed E-state index contributed by atoms with van der Waals surface area (Å²) >= 11 is 0. The zero-order valence-electron chi connectivity index (χ0n) is 13.9. The summed E-state index contributed by atoms with van der Waals surface area (Å²) in [4.78, 5) is 23.1. The van der Waals surface area contributed by atoms with Crippen LogP contribution in [0.15, 0.2) is 24.3 Å². The summed E-state index contributed by atoms with van der Waals surface area (Å²) in [6.07, 6.45) is 0.226. The molecule has 0 aliphatic rings. The predicted molar refractivity (Wildman–Crippen MR) is 89.4 cm³/mol. The molecule has 0 aliphatic carbocycles. The summed E-state index contributed by atoms with van der Waals surface area (Å²) in [6.45, 7) is 4.20. The lowest BCUT2D eigenvalue weighted by Crippen LogP contribution is -2.17. The Balaban J connectivity index is 2.33. The van der Waals surface area contributed by atoms with Gasteiger partial charge in [-0.2, -0.15) is 10.4 Å². The van der Waals surface area contributed by atoms with Gasteiger partial charge in [-0.15, -0.1) is 0 Å². The van der Waals surface area contributed by atoms with Gasteiger partial charge >= 0.3 is 0 Å². The summed E-state index contributed by atoms with van der Waals surface area (Å²) in [5.41, 5.74) is 0.230. The number of nitrogens with zero attached hydrogens (tertiary/aromatic N) is 4. The summed E-state index contributed by atoms with van der Waals surface area (Å²) in [6, 6.07) is 7.65. The largest absolute Gasteiger partial charge is 0.494 e. The normalized spacial score (nSPS) is 10.1. The van der Waals surface area contributed by atoms with Gasteiger partial charge in [0.25, 0.3) is 11.6 Å². The van der Waals surface area contributed by atoms with Crippen molar-refractivity contribution in [1.82, 2.24) is 9.78 Å². The second-order valence-corrected chi connectivity index (χ2v) is 5.13. The van der Waals surface area contributed by atoms with Crippen LogP contribution in [-0.2, 0) is 6.54 Å². The number of anilines is 1. The number of aromatic nitrogens is 2. The average molecular weight is 343 g/mol. The summed E-state index contributed by atoms with van der Waals surface area (Å²) < 4.78 is 6.79. The van der Waals surface area contributed by atoms with E-state index in [2.05, 4.69) is 10.4 Å². The van der Waals surface area contributed by atoms with Crippen LogP contribution in [0.4, 0.5) is 11.5 Å². The third-order valence-corrected chi connectivity index (χ3v) is 3.30. The Labute approximate surface area is 144 Å². The highest BCUT2D eigenvalue weighted by Crippen LogP contribution is 2.25. The fraction of sp³-hybridized carbons (Fsp3) is 0.312. The molecule has 0 atom stereocenters. The number of carbonyl (C=O) groups is 1. The standard InChI is InChI=1S/C16H17N5O4/c1-3-25-12-5-6-14(21(23)24)13(10-12)16(22)18-15-9-11(2)19-20(15)8-4-7-17/h5-6,9-10H,3-4,8H2,1-2H3,(H,18,22). The molecule has 0 radical (unpaired) electrons. The number of amides is 1. The molecule has 0 bridgehead atoms. The Morgan fingerprint density at radius 1 is 1.48 bits per heavy atom. The van der Waals surface area contributed by atoms with E-state index in [9.17, 15) is 14.9 Å². The summed E-state index contributed by atoms with van der Waals surface area (Å²) in [7, 11) is 0. The minimum atomic E-state index is -0.647. The van der Waals surface area contributed by atoms with E-state index in [1.807, 2.05) is 6.07 Å². The molecule has 0 saturated heterocycles. The molecule has 1 N–H and O–H groups in total. The average Bonchev–Trinajstić information content (AvgIpc) is 2.92. The Morgan fingerprint density at radius 3 is 2.88 bits per heavy atom. The molecule has 9 heteroatoms. The van der Waals surface area contributed by atoms with Gasteiger partial charge in [-0.1, -0.05) is 0 Å². The first-order valence-corrected chi connectivity index (χ1v) is 7.60. The Kier molecular flexibility index (Phi) is 5.68. The molecule has 25 heavy (non-hydrogen) atoms. The first kappa shape index (κ1) is 17.9. The second-order valence-electron chi connectivity index (χ2n) is 5.13. The maximum absolute atomic E-state index is 12.6. The molecule has 0 aliphatic heterocycles. The van der Waals surface area contributed by atoms with E-state index in [0.717, 1.165) is 0 Å². The molecule has 2 rings (SSSR count). The van der Waals surface area contributed by atoms with Crippen molar-refractivity contribution in [2.24, 2.45) is 0 Å². The highest BCUT2D eigenvalue weighted by atomic mass is 16.6.